The number of carboxylic acids is 1. The first kappa shape index (κ1) is 28.9. The van der Waals surface area contributed by atoms with Crippen LogP contribution in [0.25, 0.3) is 0 Å². The Hall–Kier alpha value is -2.70. The number of aromatic carboxylic acids is 1. The minimum atomic E-state index is -1.74. The Morgan fingerprint density at radius 2 is 1.30 bits per heavy atom. The van der Waals surface area contributed by atoms with Gasteiger partial charge < -0.3 is 15.7 Å². The highest BCUT2D eigenvalue weighted by Crippen LogP contribution is 2.42. The minimum Gasteiger partial charge on any atom is -0.478 e. The Kier molecular flexibility index (Phi) is 9.19. The molecule has 0 fully saturated rings. The summed E-state index contributed by atoms with van der Waals surface area (Å²) in [4.78, 5) is 36.9. The maximum atomic E-state index is 13.7. The molecule has 37 heavy (non-hydrogen) atoms. The number of carboxylic acid groups (broad SMARTS) is 1. The van der Waals surface area contributed by atoms with E-state index in [0.29, 0.717) is 4.90 Å². The van der Waals surface area contributed by atoms with E-state index in [4.69, 9.17) is 46.4 Å². The van der Waals surface area contributed by atoms with Crippen LogP contribution in [-0.4, -0.2) is 28.6 Å². The predicted molar refractivity (Wildman–Crippen MR) is 133 cm³/mol. The van der Waals surface area contributed by atoms with Gasteiger partial charge in [-0.05, 0) is 24.3 Å². The van der Waals surface area contributed by atoms with Gasteiger partial charge in [0, 0.05) is 16.6 Å². The molecule has 0 saturated carbocycles. The first-order chi connectivity index (χ1) is 17.3. The summed E-state index contributed by atoms with van der Waals surface area (Å²) in [6.07, 6.45) is 0. The summed E-state index contributed by atoms with van der Waals surface area (Å²) in [5.74, 6) is -10.7. The summed E-state index contributed by atoms with van der Waals surface area (Å²) in [5.41, 5.74) is -2.23. The van der Waals surface area contributed by atoms with Crippen LogP contribution < -0.4 is 10.6 Å². The van der Waals surface area contributed by atoms with E-state index in [0.717, 1.165) is 11.8 Å². The number of anilines is 2. The number of halogens is 8. The number of nitrogens with one attached hydrogen (secondary N) is 2. The van der Waals surface area contributed by atoms with Crippen molar-refractivity contribution in [2.75, 3.05) is 16.4 Å². The lowest BCUT2D eigenvalue weighted by atomic mass is 10.1. The first-order valence-corrected chi connectivity index (χ1v) is 12.1. The quantitative estimate of drug-likeness (QED) is 0.110. The van der Waals surface area contributed by atoms with Gasteiger partial charge in [-0.1, -0.05) is 46.4 Å². The molecule has 0 aliphatic carbocycles. The normalized spacial score (nSPS) is 10.8. The van der Waals surface area contributed by atoms with Crippen molar-refractivity contribution in [1.82, 2.24) is 0 Å². The van der Waals surface area contributed by atoms with Crippen LogP contribution in [0, 0.1) is 23.3 Å². The summed E-state index contributed by atoms with van der Waals surface area (Å²) in [6.45, 7) is 0. The van der Waals surface area contributed by atoms with Gasteiger partial charge in [0.1, 0.15) is 5.69 Å². The molecule has 194 valence electrons. The van der Waals surface area contributed by atoms with Crippen LogP contribution in [0.2, 0.25) is 20.1 Å². The van der Waals surface area contributed by atoms with Crippen LogP contribution in [0.15, 0.2) is 35.2 Å². The monoisotopic (exact) mass is 614 g/mol. The van der Waals surface area contributed by atoms with Crippen molar-refractivity contribution in [3.05, 3.63) is 84.8 Å². The van der Waals surface area contributed by atoms with Crippen LogP contribution in [0.3, 0.4) is 0 Å². The molecule has 0 atom stereocenters. The number of carbonyl (C=O) groups is 3. The molecule has 3 aromatic rings. The summed E-state index contributed by atoms with van der Waals surface area (Å²) in [6, 6.07) is 5.72. The van der Waals surface area contributed by atoms with E-state index in [1.54, 1.807) is 5.32 Å². The van der Waals surface area contributed by atoms with Gasteiger partial charge in [-0.3, -0.25) is 9.59 Å². The number of hydrogen-bond acceptors (Lipinski definition) is 4. The van der Waals surface area contributed by atoms with E-state index in [9.17, 15) is 37.1 Å². The van der Waals surface area contributed by atoms with Gasteiger partial charge in [-0.15, -0.1) is 11.8 Å². The average molecular weight is 616 g/mol. The number of amides is 2. The van der Waals surface area contributed by atoms with Crippen LogP contribution in [-0.2, 0) is 4.79 Å². The third kappa shape index (κ3) is 6.24. The van der Waals surface area contributed by atoms with Crippen molar-refractivity contribution in [2.24, 2.45) is 0 Å². The highest BCUT2D eigenvalue weighted by molar-refractivity contribution is 8.00. The Balaban J connectivity index is 1.70. The maximum absolute atomic E-state index is 13.7. The molecule has 0 aliphatic rings. The van der Waals surface area contributed by atoms with Crippen LogP contribution in [0.5, 0.6) is 0 Å². The molecule has 0 aliphatic heterocycles. The van der Waals surface area contributed by atoms with E-state index in [2.05, 4.69) is 5.32 Å². The molecular weight excluding hydrogens is 606 g/mol. The molecule has 15 heteroatoms. The van der Waals surface area contributed by atoms with E-state index < -0.39 is 67.9 Å². The van der Waals surface area contributed by atoms with Gasteiger partial charge in [0.25, 0.3) is 5.91 Å². The van der Waals surface area contributed by atoms with Crippen LogP contribution >= 0.6 is 58.2 Å². The fourth-order valence-corrected chi connectivity index (χ4v) is 4.60. The van der Waals surface area contributed by atoms with E-state index in [1.807, 2.05) is 0 Å². The van der Waals surface area contributed by atoms with Gasteiger partial charge in [0.2, 0.25) is 5.91 Å². The lowest BCUT2D eigenvalue weighted by Crippen LogP contribution is -2.18. The standard InChI is InChI=1S/C22H10Cl4F4N2O4S/c23-14-12(13(22(35)36)15(24)17(26)16(14)25)21(34)31-7-1-3-8(4-2-7)37-6-11(33)32-20-18(29)9(27)5-10(28)19(20)30/h1-5H,6H2,(H,31,34)(H,32,33)(H,35,36). The van der Waals surface area contributed by atoms with Crippen molar-refractivity contribution < 1.29 is 37.1 Å². The summed E-state index contributed by atoms with van der Waals surface area (Å²) in [7, 11) is 0. The van der Waals surface area contributed by atoms with Crippen molar-refractivity contribution in [1.29, 1.82) is 0 Å². The Labute approximate surface area is 229 Å². The molecule has 0 aromatic heterocycles. The summed E-state index contributed by atoms with van der Waals surface area (Å²) in [5, 5.41) is 12.1. The second kappa shape index (κ2) is 11.8. The lowest BCUT2D eigenvalue weighted by Gasteiger charge is -2.14. The third-order valence-electron chi connectivity index (χ3n) is 4.57. The van der Waals surface area contributed by atoms with Crippen molar-refractivity contribution in [2.45, 2.75) is 4.90 Å². The zero-order valence-electron chi connectivity index (χ0n) is 17.7. The predicted octanol–water partition coefficient (Wildman–Crippen LogP) is 7.54. The average Bonchev–Trinajstić information content (AvgIpc) is 2.85. The second-order valence-electron chi connectivity index (χ2n) is 6.97. The van der Waals surface area contributed by atoms with E-state index in [1.165, 1.54) is 24.3 Å². The zero-order chi connectivity index (χ0) is 27.6. The largest absolute Gasteiger partial charge is 0.478 e. The number of hydrogen-bond donors (Lipinski definition) is 3. The fourth-order valence-electron chi connectivity index (χ4n) is 2.88. The minimum absolute atomic E-state index is 0.0158. The van der Waals surface area contributed by atoms with Gasteiger partial charge >= 0.3 is 5.97 Å². The number of rotatable bonds is 7. The SMILES string of the molecule is O=C(CSc1ccc(NC(=O)c2c(Cl)c(Cl)c(Cl)c(Cl)c2C(=O)O)cc1)Nc1c(F)c(F)cc(F)c1F. The van der Waals surface area contributed by atoms with Crippen molar-refractivity contribution >= 4 is 87.3 Å². The smallest absolute Gasteiger partial charge is 0.338 e. The fraction of sp³-hybridized carbons (Fsp3) is 0.0455. The van der Waals surface area contributed by atoms with Gasteiger partial charge in [0.15, 0.2) is 23.3 Å². The molecule has 2 amide bonds. The third-order valence-corrected chi connectivity index (χ3v) is 7.38. The maximum Gasteiger partial charge on any atom is 0.338 e. The molecule has 3 N–H and O–H groups in total. The number of benzene rings is 3. The molecule has 0 bridgehead atoms. The molecule has 0 unspecified atom stereocenters. The Morgan fingerprint density at radius 3 is 1.81 bits per heavy atom. The zero-order valence-corrected chi connectivity index (χ0v) is 21.5. The highest BCUT2D eigenvalue weighted by atomic mass is 35.5. The Bertz CT molecular complexity index is 1420. The van der Waals surface area contributed by atoms with E-state index in [-0.39, 0.29) is 27.6 Å². The molecular formula is C22H10Cl4F4N2O4S. The molecule has 0 saturated heterocycles. The summed E-state index contributed by atoms with van der Waals surface area (Å²) < 4.78 is 53.9. The topological polar surface area (TPSA) is 95.5 Å². The van der Waals surface area contributed by atoms with E-state index >= 15 is 0 Å². The summed E-state index contributed by atoms with van der Waals surface area (Å²) >= 11 is 24.7. The highest BCUT2D eigenvalue weighted by Gasteiger charge is 2.29. The van der Waals surface area contributed by atoms with Crippen LogP contribution in [0.1, 0.15) is 20.7 Å². The molecule has 6 nitrogen and oxygen atoms in total. The van der Waals surface area contributed by atoms with Crippen molar-refractivity contribution in [3.63, 3.8) is 0 Å². The van der Waals surface area contributed by atoms with Crippen molar-refractivity contribution in [3.8, 4) is 0 Å². The Morgan fingerprint density at radius 1 is 0.784 bits per heavy atom. The lowest BCUT2D eigenvalue weighted by molar-refractivity contribution is -0.113. The van der Waals surface area contributed by atoms with Gasteiger partial charge in [-0.25, -0.2) is 22.4 Å². The van der Waals surface area contributed by atoms with Gasteiger partial charge in [-0.2, -0.15) is 0 Å². The molecule has 0 radical (unpaired) electrons. The number of thioether (sulfide) groups is 1. The van der Waals surface area contributed by atoms with Gasteiger partial charge in [0.05, 0.1) is 37.0 Å². The molecule has 3 aromatic carbocycles. The second-order valence-corrected chi connectivity index (χ2v) is 9.53. The number of carbonyl (C=O) groups excluding carboxylic acids is 2. The molecule has 3 rings (SSSR count). The molecule has 0 spiro atoms. The molecule has 0 heterocycles. The van der Waals surface area contributed by atoms with Crippen LogP contribution in [0.4, 0.5) is 28.9 Å². The first-order valence-electron chi connectivity index (χ1n) is 9.59.